The van der Waals surface area contributed by atoms with E-state index in [-0.39, 0.29) is 37.0 Å². The van der Waals surface area contributed by atoms with E-state index in [1.54, 1.807) is 4.90 Å². The zero-order chi connectivity index (χ0) is 21.8. The lowest BCUT2D eigenvalue weighted by Crippen LogP contribution is -2.50. The Morgan fingerprint density at radius 3 is 2.10 bits per heavy atom. The molecule has 10 heteroatoms. The number of alkyl halides is 3. The van der Waals surface area contributed by atoms with Crippen LogP contribution in [0.5, 0.6) is 5.75 Å². The fourth-order valence-corrected chi connectivity index (χ4v) is 4.62. The van der Waals surface area contributed by atoms with Crippen LogP contribution in [0.2, 0.25) is 0 Å². The first-order valence-corrected chi connectivity index (χ1v) is 10.8. The Morgan fingerprint density at radius 1 is 0.933 bits per heavy atom. The summed E-state index contributed by atoms with van der Waals surface area (Å²) in [5.41, 5.74) is 1.06. The summed E-state index contributed by atoms with van der Waals surface area (Å²) in [6, 6.07) is 13.7. The van der Waals surface area contributed by atoms with Gasteiger partial charge in [0, 0.05) is 32.6 Å². The third-order valence-electron chi connectivity index (χ3n) is 4.76. The van der Waals surface area contributed by atoms with Gasteiger partial charge in [-0.1, -0.05) is 30.3 Å². The zero-order valence-corrected chi connectivity index (χ0v) is 16.8. The lowest BCUT2D eigenvalue weighted by molar-refractivity contribution is -0.274. The number of hydrogen-bond donors (Lipinski definition) is 0. The molecule has 0 N–H and O–H groups in total. The predicted molar refractivity (Wildman–Crippen MR) is 103 cm³/mol. The summed E-state index contributed by atoms with van der Waals surface area (Å²) in [5.74, 6) is -0.528. The number of benzene rings is 2. The molecular formula is C20H21F3N2O4S. The van der Waals surface area contributed by atoms with Gasteiger partial charge >= 0.3 is 6.36 Å². The molecule has 1 heterocycles. The van der Waals surface area contributed by atoms with Gasteiger partial charge in [-0.05, 0) is 36.2 Å². The molecule has 1 saturated heterocycles. The van der Waals surface area contributed by atoms with Crippen molar-refractivity contribution in [1.82, 2.24) is 9.21 Å². The molecule has 2 aromatic carbocycles. The normalized spacial score (nSPS) is 15.8. The van der Waals surface area contributed by atoms with Crippen LogP contribution in [0, 0.1) is 0 Å². The van der Waals surface area contributed by atoms with Crippen LogP contribution >= 0.6 is 0 Å². The minimum absolute atomic E-state index is 0.0375. The fourth-order valence-electron chi connectivity index (χ4n) is 3.19. The monoisotopic (exact) mass is 442 g/mol. The van der Waals surface area contributed by atoms with Gasteiger partial charge < -0.3 is 9.64 Å². The van der Waals surface area contributed by atoms with E-state index in [0.29, 0.717) is 12.8 Å². The van der Waals surface area contributed by atoms with Gasteiger partial charge in [0.15, 0.2) is 0 Å². The number of hydrogen-bond acceptors (Lipinski definition) is 4. The first kappa shape index (κ1) is 22.1. The second kappa shape index (κ2) is 9.05. The van der Waals surface area contributed by atoms with Crippen molar-refractivity contribution in [2.75, 3.05) is 26.2 Å². The van der Waals surface area contributed by atoms with Crippen molar-refractivity contribution in [1.29, 1.82) is 0 Å². The molecule has 0 atom stereocenters. The number of sulfonamides is 1. The number of piperazine rings is 1. The number of amides is 1. The Balaban J connectivity index is 1.55. The van der Waals surface area contributed by atoms with E-state index in [1.807, 2.05) is 30.3 Å². The Hall–Kier alpha value is -2.59. The predicted octanol–water partition coefficient (Wildman–Crippen LogP) is 3.05. The highest BCUT2D eigenvalue weighted by atomic mass is 32.2. The number of rotatable bonds is 6. The second-order valence-corrected chi connectivity index (χ2v) is 8.73. The van der Waals surface area contributed by atoms with E-state index in [0.717, 1.165) is 29.8 Å². The van der Waals surface area contributed by atoms with Gasteiger partial charge in [-0.15, -0.1) is 13.2 Å². The number of halogens is 3. The largest absolute Gasteiger partial charge is 0.573 e. The molecule has 1 fully saturated rings. The Labute approximate surface area is 172 Å². The summed E-state index contributed by atoms with van der Waals surface area (Å²) < 4.78 is 67.2. The smallest absolute Gasteiger partial charge is 0.406 e. The van der Waals surface area contributed by atoms with Crippen molar-refractivity contribution in [2.45, 2.75) is 24.1 Å². The van der Waals surface area contributed by atoms with Crippen molar-refractivity contribution in [3.8, 4) is 5.75 Å². The molecule has 0 bridgehead atoms. The highest BCUT2D eigenvalue weighted by molar-refractivity contribution is 7.89. The van der Waals surface area contributed by atoms with E-state index in [2.05, 4.69) is 4.74 Å². The number of carbonyl (C=O) groups excluding carboxylic acids is 1. The van der Waals surface area contributed by atoms with E-state index >= 15 is 0 Å². The van der Waals surface area contributed by atoms with Crippen molar-refractivity contribution >= 4 is 15.9 Å². The summed E-state index contributed by atoms with van der Waals surface area (Å²) in [6.45, 7) is 0.782. The highest BCUT2D eigenvalue weighted by Crippen LogP contribution is 2.25. The second-order valence-electron chi connectivity index (χ2n) is 6.79. The molecule has 0 unspecified atom stereocenters. The van der Waals surface area contributed by atoms with Crippen LogP contribution in [0.1, 0.15) is 12.0 Å². The molecule has 162 valence electrons. The van der Waals surface area contributed by atoms with Gasteiger partial charge in [0.05, 0.1) is 4.90 Å². The molecular weight excluding hydrogens is 421 g/mol. The van der Waals surface area contributed by atoms with Crippen LogP contribution in [0.15, 0.2) is 59.5 Å². The van der Waals surface area contributed by atoms with Crippen LogP contribution < -0.4 is 4.74 Å². The van der Waals surface area contributed by atoms with Gasteiger partial charge in [-0.2, -0.15) is 4.31 Å². The molecule has 3 rings (SSSR count). The molecule has 0 radical (unpaired) electrons. The topological polar surface area (TPSA) is 66.9 Å². The standard InChI is InChI=1S/C20H21F3N2O4S/c21-20(22,23)29-17-7-9-18(10-8-17)30(27,28)25-14-12-24(13-15-25)19(26)11-6-16-4-2-1-3-5-16/h1-5,7-10H,6,11-15H2. The number of ether oxygens (including phenoxy) is 1. The van der Waals surface area contributed by atoms with Crippen molar-refractivity contribution in [2.24, 2.45) is 0 Å². The van der Waals surface area contributed by atoms with Crippen molar-refractivity contribution < 1.29 is 31.1 Å². The summed E-state index contributed by atoms with van der Waals surface area (Å²) in [5, 5.41) is 0. The SMILES string of the molecule is O=C(CCc1ccccc1)N1CCN(S(=O)(=O)c2ccc(OC(F)(F)F)cc2)CC1. The van der Waals surface area contributed by atoms with E-state index in [9.17, 15) is 26.4 Å². The number of nitrogens with zero attached hydrogens (tertiary/aromatic N) is 2. The number of aryl methyl sites for hydroxylation is 1. The summed E-state index contributed by atoms with van der Waals surface area (Å²) >= 11 is 0. The molecule has 0 aliphatic carbocycles. The third-order valence-corrected chi connectivity index (χ3v) is 6.67. The zero-order valence-electron chi connectivity index (χ0n) is 16.0. The first-order chi connectivity index (χ1) is 14.1. The van der Waals surface area contributed by atoms with E-state index in [1.165, 1.54) is 4.31 Å². The first-order valence-electron chi connectivity index (χ1n) is 9.33. The molecule has 30 heavy (non-hydrogen) atoms. The maximum absolute atomic E-state index is 12.7. The summed E-state index contributed by atoms with van der Waals surface area (Å²) in [6.07, 6.45) is -3.88. The van der Waals surface area contributed by atoms with Gasteiger partial charge in [-0.25, -0.2) is 8.42 Å². The minimum Gasteiger partial charge on any atom is -0.406 e. The molecule has 6 nitrogen and oxygen atoms in total. The molecule has 2 aromatic rings. The van der Waals surface area contributed by atoms with Crippen molar-refractivity contribution in [3.63, 3.8) is 0 Å². The lowest BCUT2D eigenvalue weighted by Gasteiger charge is -2.34. The van der Waals surface area contributed by atoms with Gasteiger partial charge in [-0.3, -0.25) is 4.79 Å². The molecule has 0 aromatic heterocycles. The highest BCUT2D eigenvalue weighted by Gasteiger charge is 2.32. The quantitative estimate of drug-likeness (QED) is 0.690. The Kier molecular flexibility index (Phi) is 6.67. The van der Waals surface area contributed by atoms with E-state index < -0.39 is 22.1 Å². The third kappa shape index (κ3) is 5.73. The molecule has 1 aliphatic heterocycles. The van der Waals surface area contributed by atoms with Crippen molar-refractivity contribution in [3.05, 3.63) is 60.2 Å². The maximum Gasteiger partial charge on any atom is 0.573 e. The molecule has 0 saturated carbocycles. The minimum atomic E-state index is -4.84. The summed E-state index contributed by atoms with van der Waals surface area (Å²) in [4.78, 5) is 13.9. The average Bonchev–Trinajstić information content (AvgIpc) is 2.72. The maximum atomic E-state index is 12.7. The van der Waals surface area contributed by atoms with Gasteiger partial charge in [0.2, 0.25) is 15.9 Å². The molecule has 1 aliphatic rings. The lowest BCUT2D eigenvalue weighted by atomic mass is 10.1. The molecule has 1 amide bonds. The summed E-state index contributed by atoms with van der Waals surface area (Å²) in [7, 11) is -3.87. The fraction of sp³-hybridized carbons (Fsp3) is 0.350. The van der Waals surface area contributed by atoms with Crippen LogP contribution in [0.25, 0.3) is 0 Å². The van der Waals surface area contributed by atoms with Crippen LogP contribution in [0.3, 0.4) is 0 Å². The average molecular weight is 442 g/mol. The van der Waals surface area contributed by atoms with Crippen LogP contribution in [0.4, 0.5) is 13.2 Å². The van der Waals surface area contributed by atoms with Crippen LogP contribution in [-0.4, -0.2) is 56.1 Å². The van der Waals surface area contributed by atoms with Crippen LogP contribution in [-0.2, 0) is 21.2 Å². The Bertz CT molecular complexity index is 956. The Morgan fingerprint density at radius 2 is 1.53 bits per heavy atom. The van der Waals surface area contributed by atoms with E-state index in [4.69, 9.17) is 0 Å². The number of carbonyl (C=O) groups is 1. The van der Waals surface area contributed by atoms with Gasteiger partial charge in [0.25, 0.3) is 0 Å². The van der Waals surface area contributed by atoms with Gasteiger partial charge in [0.1, 0.15) is 5.75 Å². The molecule has 0 spiro atoms.